The fraction of sp³-hybridized carbons (Fsp3) is 0.600. The highest BCUT2D eigenvalue weighted by Crippen LogP contribution is 1.90. The van der Waals surface area contributed by atoms with E-state index in [4.69, 9.17) is 14.9 Å². The molecule has 3 N–H and O–H groups in total. The van der Waals surface area contributed by atoms with Crippen LogP contribution in [-0.2, 0) is 15.9 Å². The number of carbonyl (C=O) groups excluding carboxylic acids is 1. The molecule has 1 amide bonds. The van der Waals surface area contributed by atoms with Crippen LogP contribution in [0.15, 0.2) is 0 Å². The van der Waals surface area contributed by atoms with Crippen LogP contribution in [0.3, 0.4) is 0 Å². The zero-order valence-electron chi connectivity index (χ0n) is 6.06. The molecule has 0 fully saturated rings. The minimum Gasteiger partial charge on any atom is -0.395 e. The molecular formula is C5H8N2O4S. The zero-order valence-corrected chi connectivity index (χ0v) is 6.87. The predicted octanol–water partition coefficient (Wildman–Crippen LogP) is -1.79. The number of aliphatic hydroxyl groups is 1. The number of hydrogen-bond acceptors (Lipinski definition) is 4. The largest absolute Gasteiger partial charge is 0.395 e. The third-order valence-corrected chi connectivity index (χ3v) is 1.69. The van der Waals surface area contributed by atoms with Gasteiger partial charge < -0.3 is 15.0 Å². The van der Waals surface area contributed by atoms with E-state index in [1.165, 1.54) is 6.07 Å². The summed E-state index contributed by atoms with van der Waals surface area (Å²) in [6.45, 7) is -0.309. The van der Waals surface area contributed by atoms with E-state index in [2.05, 4.69) is 5.32 Å². The Labute approximate surface area is 71.5 Å². The van der Waals surface area contributed by atoms with Crippen molar-refractivity contribution >= 4 is 17.0 Å². The molecule has 0 aliphatic rings. The van der Waals surface area contributed by atoms with Gasteiger partial charge in [0.2, 0.25) is 5.25 Å². The van der Waals surface area contributed by atoms with Gasteiger partial charge in [-0.25, -0.2) is 4.21 Å². The Hall–Kier alpha value is -0.970. The van der Waals surface area contributed by atoms with E-state index >= 15 is 0 Å². The van der Waals surface area contributed by atoms with Crippen LogP contribution in [0, 0.1) is 11.3 Å². The lowest BCUT2D eigenvalue weighted by Gasteiger charge is -2.04. The van der Waals surface area contributed by atoms with E-state index in [0.29, 0.717) is 0 Å². The third kappa shape index (κ3) is 3.43. The SMILES string of the molecule is N#CC(C(=O)NCCO)S(=O)O. The first kappa shape index (κ1) is 11.0. The summed E-state index contributed by atoms with van der Waals surface area (Å²) in [5, 5.41) is 17.0. The summed E-state index contributed by atoms with van der Waals surface area (Å²) < 4.78 is 18.7. The van der Waals surface area contributed by atoms with E-state index < -0.39 is 22.2 Å². The molecule has 2 unspecified atom stereocenters. The van der Waals surface area contributed by atoms with Gasteiger partial charge in [0.15, 0.2) is 11.1 Å². The Morgan fingerprint density at radius 1 is 1.75 bits per heavy atom. The molecule has 0 saturated heterocycles. The number of nitrogens with one attached hydrogen (secondary N) is 1. The molecule has 0 aliphatic heterocycles. The Kier molecular flexibility index (Phi) is 5.19. The number of nitrogens with zero attached hydrogens (tertiary/aromatic N) is 1. The van der Waals surface area contributed by atoms with Crippen LogP contribution in [0.2, 0.25) is 0 Å². The normalized spacial score (nSPS) is 14.4. The van der Waals surface area contributed by atoms with Crippen LogP contribution in [0.1, 0.15) is 0 Å². The van der Waals surface area contributed by atoms with Gasteiger partial charge >= 0.3 is 0 Å². The van der Waals surface area contributed by atoms with Crippen LogP contribution in [0.5, 0.6) is 0 Å². The highest BCUT2D eigenvalue weighted by atomic mass is 32.2. The lowest BCUT2D eigenvalue weighted by Crippen LogP contribution is -2.37. The second-order valence-corrected chi connectivity index (χ2v) is 2.82. The predicted molar refractivity (Wildman–Crippen MR) is 40.3 cm³/mol. The van der Waals surface area contributed by atoms with Gasteiger partial charge in [0.1, 0.15) is 0 Å². The molecule has 0 heterocycles. The van der Waals surface area contributed by atoms with E-state index in [1.807, 2.05) is 0 Å². The topological polar surface area (TPSA) is 110 Å². The molecule has 7 heteroatoms. The lowest BCUT2D eigenvalue weighted by molar-refractivity contribution is -0.119. The van der Waals surface area contributed by atoms with Gasteiger partial charge in [-0.2, -0.15) is 5.26 Å². The standard InChI is InChI=1S/C5H8N2O4S/c6-3-4(12(10)11)5(9)7-1-2-8/h4,8H,1-2H2,(H,7,9)(H,10,11). The minimum absolute atomic E-state index is 0.0335. The van der Waals surface area contributed by atoms with Gasteiger partial charge in [-0.3, -0.25) is 4.79 Å². The molecule has 0 rings (SSSR count). The van der Waals surface area contributed by atoms with E-state index in [9.17, 15) is 9.00 Å². The van der Waals surface area contributed by atoms with Crippen LogP contribution in [-0.4, -0.2) is 38.2 Å². The molecule has 0 aromatic heterocycles. The van der Waals surface area contributed by atoms with Crippen molar-refractivity contribution < 1.29 is 18.7 Å². The maximum absolute atomic E-state index is 10.8. The molecule has 0 aromatic rings. The van der Waals surface area contributed by atoms with Gasteiger partial charge in [0.25, 0.3) is 5.91 Å². The molecule has 0 radical (unpaired) electrons. The highest BCUT2D eigenvalue weighted by molar-refractivity contribution is 7.81. The molecule has 0 aliphatic carbocycles. The molecule has 0 bridgehead atoms. The first-order chi connectivity index (χ1) is 5.63. The maximum Gasteiger partial charge on any atom is 0.252 e. The maximum atomic E-state index is 10.8. The van der Waals surface area contributed by atoms with Gasteiger partial charge in [0.05, 0.1) is 12.7 Å². The summed E-state index contributed by atoms with van der Waals surface area (Å²) >= 11 is -2.49. The summed E-state index contributed by atoms with van der Waals surface area (Å²) in [6, 6.07) is 1.37. The first-order valence-electron chi connectivity index (χ1n) is 3.01. The Morgan fingerprint density at radius 2 is 2.33 bits per heavy atom. The van der Waals surface area contributed by atoms with Gasteiger partial charge in [-0.1, -0.05) is 0 Å². The summed E-state index contributed by atoms with van der Waals surface area (Å²) in [4.78, 5) is 10.8. The van der Waals surface area contributed by atoms with Gasteiger partial charge in [-0.05, 0) is 0 Å². The van der Waals surface area contributed by atoms with Crippen molar-refractivity contribution in [1.29, 1.82) is 5.26 Å². The van der Waals surface area contributed by atoms with Crippen LogP contribution < -0.4 is 5.32 Å². The van der Waals surface area contributed by atoms with Gasteiger partial charge in [-0.15, -0.1) is 0 Å². The van der Waals surface area contributed by atoms with Crippen molar-refractivity contribution in [1.82, 2.24) is 5.32 Å². The molecule has 12 heavy (non-hydrogen) atoms. The highest BCUT2D eigenvalue weighted by Gasteiger charge is 2.22. The third-order valence-electron chi connectivity index (χ3n) is 0.968. The van der Waals surface area contributed by atoms with E-state index in [0.717, 1.165) is 0 Å². The second kappa shape index (κ2) is 5.65. The zero-order chi connectivity index (χ0) is 9.56. The summed E-state index contributed by atoms with van der Waals surface area (Å²) in [5.41, 5.74) is 0. The number of amides is 1. The van der Waals surface area contributed by atoms with Crippen molar-refractivity contribution in [2.75, 3.05) is 13.2 Å². The first-order valence-corrected chi connectivity index (χ1v) is 4.18. The van der Waals surface area contributed by atoms with Crippen molar-refractivity contribution in [3.05, 3.63) is 0 Å². The number of rotatable bonds is 4. The number of hydrogen-bond donors (Lipinski definition) is 3. The van der Waals surface area contributed by atoms with Crippen molar-refractivity contribution in [2.45, 2.75) is 5.25 Å². The molecule has 2 atom stereocenters. The van der Waals surface area contributed by atoms with Crippen LogP contribution in [0.25, 0.3) is 0 Å². The molecule has 68 valence electrons. The molecule has 6 nitrogen and oxygen atoms in total. The fourth-order valence-electron chi connectivity index (χ4n) is 0.467. The van der Waals surface area contributed by atoms with E-state index in [-0.39, 0.29) is 13.2 Å². The Bertz CT molecular complexity index is 224. The van der Waals surface area contributed by atoms with Crippen LogP contribution in [0.4, 0.5) is 0 Å². The fourth-order valence-corrected chi connectivity index (χ4v) is 0.824. The summed E-state index contributed by atoms with van der Waals surface area (Å²) in [6.07, 6.45) is 0. The van der Waals surface area contributed by atoms with Crippen molar-refractivity contribution in [2.24, 2.45) is 0 Å². The minimum atomic E-state index is -2.49. The van der Waals surface area contributed by atoms with Crippen molar-refractivity contribution in [3.8, 4) is 6.07 Å². The Morgan fingerprint density at radius 3 is 2.67 bits per heavy atom. The summed E-state index contributed by atoms with van der Waals surface area (Å²) in [7, 11) is 0. The van der Waals surface area contributed by atoms with E-state index in [1.54, 1.807) is 0 Å². The Balaban J connectivity index is 4.07. The quantitative estimate of drug-likeness (QED) is 0.455. The number of aliphatic hydroxyl groups excluding tert-OH is 1. The molecule has 0 saturated carbocycles. The van der Waals surface area contributed by atoms with Crippen molar-refractivity contribution in [3.63, 3.8) is 0 Å². The average molecular weight is 192 g/mol. The molecule has 0 aromatic carbocycles. The second-order valence-electron chi connectivity index (χ2n) is 1.80. The molecule has 0 spiro atoms. The number of carbonyl (C=O) groups is 1. The number of nitriles is 1. The van der Waals surface area contributed by atoms with Gasteiger partial charge in [0, 0.05) is 6.54 Å². The molecular weight excluding hydrogens is 184 g/mol. The monoisotopic (exact) mass is 192 g/mol. The summed E-state index contributed by atoms with van der Waals surface area (Å²) in [5.74, 6) is -0.854. The average Bonchev–Trinajstić information content (AvgIpc) is 2.01. The lowest BCUT2D eigenvalue weighted by atomic mass is 10.4. The van der Waals surface area contributed by atoms with Crippen LogP contribution >= 0.6 is 0 Å². The smallest absolute Gasteiger partial charge is 0.252 e.